The Morgan fingerprint density at radius 3 is 2.08 bits per heavy atom. The molecule has 1 aliphatic heterocycles. The molecular weight excluding hydrogens is 474 g/mol. The van der Waals surface area contributed by atoms with E-state index in [1.54, 1.807) is 21.1 Å². The fraction of sp³-hybridized carbons (Fsp3) is 0.321. The summed E-state index contributed by atoms with van der Waals surface area (Å²) in [5.74, 6) is -2.00. The number of rotatable bonds is 7. The van der Waals surface area contributed by atoms with Crippen molar-refractivity contribution in [3.63, 3.8) is 0 Å². The molecule has 0 bridgehead atoms. The van der Waals surface area contributed by atoms with Crippen LogP contribution >= 0.6 is 11.3 Å². The minimum atomic E-state index is -1.12. The molecule has 0 spiro atoms. The van der Waals surface area contributed by atoms with Gasteiger partial charge in [-0.1, -0.05) is 60.7 Å². The quantitative estimate of drug-likeness (QED) is 0.515. The van der Waals surface area contributed by atoms with E-state index < -0.39 is 17.9 Å². The highest BCUT2D eigenvalue weighted by Crippen LogP contribution is 2.29. The van der Waals surface area contributed by atoms with E-state index in [0.717, 1.165) is 16.0 Å². The van der Waals surface area contributed by atoms with Gasteiger partial charge in [-0.2, -0.15) is 0 Å². The molecule has 3 aromatic rings. The van der Waals surface area contributed by atoms with Crippen molar-refractivity contribution in [1.29, 1.82) is 0 Å². The average Bonchev–Trinajstić information content (AvgIpc) is 3.32. The van der Waals surface area contributed by atoms with Gasteiger partial charge >= 0.3 is 12.0 Å². The van der Waals surface area contributed by atoms with Crippen LogP contribution in [0.4, 0.5) is 4.79 Å². The summed E-state index contributed by atoms with van der Waals surface area (Å²) in [4.78, 5) is 46.5. The molecule has 1 aliphatic rings. The molecule has 8 heteroatoms. The van der Waals surface area contributed by atoms with Crippen molar-refractivity contribution in [2.75, 3.05) is 26.2 Å². The number of piperazine rings is 1. The molecule has 0 saturated carbocycles. The van der Waals surface area contributed by atoms with Gasteiger partial charge in [-0.05, 0) is 37.1 Å². The summed E-state index contributed by atoms with van der Waals surface area (Å²) < 4.78 is 0. The van der Waals surface area contributed by atoms with E-state index >= 15 is 0 Å². The Kier molecular flexibility index (Phi) is 8.05. The van der Waals surface area contributed by atoms with Crippen molar-refractivity contribution in [2.24, 2.45) is 0 Å². The van der Waals surface area contributed by atoms with Gasteiger partial charge in [0.05, 0.1) is 19.0 Å². The van der Waals surface area contributed by atoms with Crippen molar-refractivity contribution in [1.82, 2.24) is 14.7 Å². The number of nitrogens with zero attached hydrogens (tertiary/aromatic N) is 3. The number of carbonyl (C=O) groups excluding carboxylic acids is 2. The standard InChI is InChI=1S/C28H31N3O4S/c1-3-29(18-23-15-14-20(2)36-23)28(35)30-16-17-31(24(19-30)27(33)34)26(32)25(21-10-6-4-7-11-21)22-12-8-5-9-13-22/h4-15,24-25H,3,16-19H2,1-2H3,(H,33,34)/t24-/m0/s1. The van der Waals surface area contributed by atoms with Crippen LogP contribution in [0.3, 0.4) is 0 Å². The predicted molar refractivity (Wildman–Crippen MR) is 140 cm³/mol. The molecule has 2 heterocycles. The van der Waals surface area contributed by atoms with E-state index in [2.05, 4.69) is 0 Å². The van der Waals surface area contributed by atoms with Crippen LogP contribution in [-0.2, 0) is 16.1 Å². The second-order valence-corrected chi connectivity index (χ2v) is 10.3. The molecule has 188 valence electrons. The van der Waals surface area contributed by atoms with E-state index in [4.69, 9.17) is 0 Å². The number of aliphatic carboxylic acids is 1. The van der Waals surface area contributed by atoms with Crippen molar-refractivity contribution in [3.8, 4) is 0 Å². The van der Waals surface area contributed by atoms with Gasteiger partial charge in [-0.3, -0.25) is 4.79 Å². The summed E-state index contributed by atoms with van der Waals surface area (Å²) in [6.45, 7) is 5.33. The SMILES string of the molecule is CCN(Cc1ccc(C)s1)C(=O)N1CCN(C(=O)C(c2ccccc2)c2ccccc2)[C@H](C(=O)O)C1. The molecule has 3 amide bonds. The number of hydrogen-bond donors (Lipinski definition) is 1. The minimum Gasteiger partial charge on any atom is -0.480 e. The first kappa shape index (κ1) is 25.4. The molecule has 7 nitrogen and oxygen atoms in total. The van der Waals surface area contributed by atoms with Crippen molar-refractivity contribution in [2.45, 2.75) is 32.4 Å². The Hall–Kier alpha value is -3.65. The summed E-state index contributed by atoms with van der Waals surface area (Å²) in [6, 6.07) is 21.5. The molecular formula is C28H31N3O4S. The average molecular weight is 506 g/mol. The summed E-state index contributed by atoms with van der Waals surface area (Å²) >= 11 is 1.64. The summed E-state index contributed by atoms with van der Waals surface area (Å²) in [6.07, 6.45) is 0. The van der Waals surface area contributed by atoms with Crippen LogP contribution in [0.5, 0.6) is 0 Å². The van der Waals surface area contributed by atoms with Gasteiger partial charge in [0, 0.05) is 29.4 Å². The van der Waals surface area contributed by atoms with E-state index in [-0.39, 0.29) is 31.6 Å². The number of benzene rings is 2. The van der Waals surface area contributed by atoms with Crippen LogP contribution in [0.25, 0.3) is 0 Å². The lowest BCUT2D eigenvalue weighted by molar-refractivity contribution is -0.153. The first-order valence-electron chi connectivity index (χ1n) is 12.1. The number of thiophene rings is 1. The zero-order valence-corrected chi connectivity index (χ0v) is 21.4. The van der Waals surface area contributed by atoms with Gasteiger partial charge in [-0.25, -0.2) is 9.59 Å². The Balaban J connectivity index is 1.55. The lowest BCUT2D eigenvalue weighted by atomic mass is 9.89. The van der Waals surface area contributed by atoms with Crippen LogP contribution in [0.15, 0.2) is 72.8 Å². The molecule has 4 rings (SSSR count). The van der Waals surface area contributed by atoms with Crippen molar-refractivity contribution < 1.29 is 19.5 Å². The molecule has 1 atom stereocenters. The third-order valence-corrected chi connectivity index (χ3v) is 7.51. The fourth-order valence-corrected chi connectivity index (χ4v) is 5.55. The number of aryl methyl sites for hydroxylation is 1. The van der Waals surface area contributed by atoms with E-state index in [1.807, 2.05) is 86.6 Å². The number of carboxylic acid groups (broad SMARTS) is 1. The number of carbonyl (C=O) groups is 3. The minimum absolute atomic E-state index is 0.0455. The van der Waals surface area contributed by atoms with Gasteiger partial charge in [-0.15, -0.1) is 11.3 Å². The Labute approximate surface area is 215 Å². The third kappa shape index (κ3) is 5.60. The highest BCUT2D eigenvalue weighted by atomic mass is 32.1. The summed E-state index contributed by atoms with van der Waals surface area (Å²) in [5.41, 5.74) is 1.61. The second kappa shape index (κ2) is 11.4. The Morgan fingerprint density at radius 1 is 0.972 bits per heavy atom. The topological polar surface area (TPSA) is 81.2 Å². The molecule has 0 radical (unpaired) electrons. The first-order valence-corrected chi connectivity index (χ1v) is 12.9. The lowest BCUT2D eigenvalue weighted by Gasteiger charge is -2.42. The van der Waals surface area contributed by atoms with Crippen LogP contribution in [0, 0.1) is 6.92 Å². The highest BCUT2D eigenvalue weighted by molar-refractivity contribution is 7.11. The molecule has 36 heavy (non-hydrogen) atoms. The van der Waals surface area contributed by atoms with Crippen LogP contribution in [0.2, 0.25) is 0 Å². The maximum atomic E-state index is 13.9. The van der Waals surface area contributed by atoms with Gasteiger partial charge in [0.1, 0.15) is 6.04 Å². The molecule has 0 aliphatic carbocycles. The Morgan fingerprint density at radius 2 is 1.58 bits per heavy atom. The van der Waals surface area contributed by atoms with Gasteiger partial charge in [0.15, 0.2) is 0 Å². The van der Waals surface area contributed by atoms with Crippen LogP contribution < -0.4 is 0 Å². The zero-order chi connectivity index (χ0) is 25.7. The van der Waals surface area contributed by atoms with Crippen LogP contribution in [0.1, 0.15) is 33.7 Å². The predicted octanol–water partition coefficient (Wildman–Crippen LogP) is 4.43. The monoisotopic (exact) mass is 505 g/mol. The molecule has 2 aromatic carbocycles. The van der Waals surface area contributed by atoms with Crippen LogP contribution in [-0.4, -0.2) is 69.9 Å². The fourth-order valence-electron chi connectivity index (χ4n) is 4.64. The van der Waals surface area contributed by atoms with Gasteiger partial charge < -0.3 is 19.8 Å². The molecule has 1 aromatic heterocycles. The van der Waals surface area contributed by atoms with Crippen molar-refractivity contribution in [3.05, 3.63) is 93.7 Å². The molecule has 1 N–H and O–H groups in total. The molecule has 0 unspecified atom stereocenters. The van der Waals surface area contributed by atoms with E-state index in [1.165, 1.54) is 9.78 Å². The van der Waals surface area contributed by atoms with Gasteiger partial charge in [0.2, 0.25) is 5.91 Å². The zero-order valence-electron chi connectivity index (χ0n) is 20.5. The highest BCUT2D eigenvalue weighted by Gasteiger charge is 2.40. The lowest BCUT2D eigenvalue weighted by Crippen LogP contribution is -2.61. The number of amides is 3. The Bertz CT molecular complexity index is 1160. The summed E-state index contributed by atoms with van der Waals surface area (Å²) in [7, 11) is 0. The third-order valence-electron chi connectivity index (χ3n) is 6.53. The van der Waals surface area contributed by atoms with E-state index in [0.29, 0.717) is 13.1 Å². The second-order valence-electron chi connectivity index (χ2n) is 8.90. The van der Waals surface area contributed by atoms with Gasteiger partial charge in [0.25, 0.3) is 0 Å². The summed E-state index contributed by atoms with van der Waals surface area (Å²) in [5, 5.41) is 10.1. The smallest absolute Gasteiger partial charge is 0.328 e. The molecule has 1 saturated heterocycles. The maximum absolute atomic E-state index is 13.9. The van der Waals surface area contributed by atoms with E-state index in [9.17, 15) is 19.5 Å². The van der Waals surface area contributed by atoms with Crippen molar-refractivity contribution >= 4 is 29.2 Å². The first-order chi connectivity index (χ1) is 17.4. The number of carboxylic acids is 1. The molecule has 1 fully saturated rings. The normalized spacial score (nSPS) is 15.7. The maximum Gasteiger partial charge on any atom is 0.328 e. The number of urea groups is 1. The largest absolute Gasteiger partial charge is 0.480 e. The number of hydrogen-bond acceptors (Lipinski definition) is 4.